The second kappa shape index (κ2) is 4.18. The van der Waals surface area contributed by atoms with Crippen molar-refractivity contribution in [3.05, 3.63) is 35.5 Å². The van der Waals surface area contributed by atoms with Crippen LogP contribution in [0.3, 0.4) is 0 Å². The zero-order valence-electron chi connectivity index (χ0n) is 11.8. The monoisotopic (exact) mass is 302 g/mol. The summed E-state index contributed by atoms with van der Waals surface area (Å²) >= 11 is 0. The number of hydrogen-bond donors (Lipinski definition) is 0. The molecule has 0 fully saturated rings. The molecule has 21 heavy (non-hydrogen) atoms. The van der Waals surface area contributed by atoms with Crippen molar-refractivity contribution in [2.75, 3.05) is 6.26 Å². The van der Waals surface area contributed by atoms with Gasteiger partial charge in [0.05, 0.1) is 17.8 Å². The van der Waals surface area contributed by atoms with Gasteiger partial charge in [0.15, 0.2) is 5.78 Å². The summed E-state index contributed by atoms with van der Waals surface area (Å²) < 4.78 is 25.5. The molecule has 2 aromatic rings. The van der Waals surface area contributed by atoms with E-state index in [2.05, 4.69) is 6.07 Å². The van der Waals surface area contributed by atoms with Gasteiger partial charge in [0.25, 0.3) is 0 Å². The summed E-state index contributed by atoms with van der Waals surface area (Å²) in [5.41, 5.74) is 0.294. The standard InChI is InChI=1S/C15H14N2O3S/c1-15(9-16)8-7-12-13(14(15)18)10-5-3-4-6-11(10)17(12)21(2,19)20/h3-6H,7-8H2,1-2H3/t15-/m0/s1. The van der Waals surface area contributed by atoms with Crippen molar-refractivity contribution in [2.45, 2.75) is 19.8 Å². The molecule has 0 radical (unpaired) electrons. The van der Waals surface area contributed by atoms with Gasteiger partial charge in [0.1, 0.15) is 5.41 Å². The molecule has 0 amide bonds. The van der Waals surface area contributed by atoms with Gasteiger partial charge in [-0.15, -0.1) is 0 Å². The number of hydrogen-bond acceptors (Lipinski definition) is 4. The van der Waals surface area contributed by atoms with Gasteiger partial charge in [-0.2, -0.15) is 5.26 Å². The van der Waals surface area contributed by atoms with Crippen LogP contribution >= 0.6 is 0 Å². The Kier molecular flexibility index (Phi) is 2.76. The van der Waals surface area contributed by atoms with E-state index in [9.17, 15) is 18.5 Å². The first-order chi connectivity index (χ1) is 9.79. The normalized spacial score (nSPS) is 22.0. The lowest BCUT2D eigenvalue weighted by atomic mass is 9.74. The number of nitrogens with zero attached hydrogens (tertiary/aromatic N) is 2. The van der Waals surface area contributed by atoms with E-state index in [1.165, 1.54) is 3.97 Å². The van der Waals surface area contributed by atoms with Gasteiger partial charge in [-0.1, -0.05) is 18.2 Å². The molecule has 0 saturated carbocycles. The number of benzene rings is 1. The van der Waals surface area contributed by atoms with E-state index in [0.29, 0.717) is 35.0 Å². The van der Waals surface area contributed by atoms with E-state index in [1.54, 1.807) is 31.2 Å². The number of fused-ring (bicyclic) bond motifs is 3. The Balaban J connectivity index is 2.47. The first-order valence-electron chi connectivity index (χ1n) is 6.58. The number of carbonyl (C=O) groups excluding carboxylic acids is 1. The molecular formula is C15H14N2O3S. The lowest BCUT2D eigenvalue weighted by Crippen LogP contribution is -2.32. The van der Waals surface area contributed by atoms with Crippen LogP contribution in [0, 0.1) is 16.7 Å². The minimum Gasteiger partial charge on any atom is -0.292 e. The molecule has 0 spiro atoms. The van der Waals surface area contributed by atoms with E-state index < -0.39 is 15.4 Å². The zero-order chi connectivity index (χ0) is 15.4. The van der Waals surface area contributed by atoms with Gasteiger partial charge in [-0.25, -0.2) is 12.4 Å². The minimum absolute atomic E-state index is 0.287. The van der Waals surface area contributed by atoms with Crippen molar-refractivity contribution in [1.82, 2.24) is 3.97 Å². The van der Waals surface area contributed by atoms with E-state index >= 15 is 0 Å². The molecule has 1 atom stereocenters. The molecule has 1 aromatic heterocycles. The topological polar surface area (TPSA) is 79.9 Å². The van der Waals surface area contributed by atoms with Gasteiger partial charge in [0.2, 0.25) is 10.0 Å². The molecule has 1 aromatic carbocycles. The molecule has 0 aliphatic heterocycles. The minimum atomic E-state index is -3.51. The highest BCUT2D eigenvalue weighted by Crippen LogP contribution is 2.40. The fourth-order valence-electron chi connectivity index (χ4n) is 2.99. The average Bonchev–Trinajstić information content (AvgIpc) is 2.77. The molecule has 0 saturated heterocycles. The molecule has 1 aliphatic carbocycles. The molecule has 0 N–H and O–H groups in total. The number of ketones is 1. The Morgan fingerprint density at radius 3 is 2.62 bits per heavy atom. The van der Waals surface area contributed by atoms with Crippen LogP contribution in [-0.4, -0.2) is 24.4 Å². The largest absolute Gasteiger partial charge is 0.292 e. The van der Waals surface area contributed by atoms with Crippen molar-refractivity contribution >= 4 is 26.7 Å². The predicted octanol–water partition coefficient (Wildman–Crippen LogP) is 2.11. The number of aromatic nitrogens is 1. The lowest BCUT2D eigenvalue weighted by Gasteiger charge is -2.25. The SMILES string of the molecule is C[C@@]1(C#N)CCc2c(c3ccccc3n2S(C)(=O)=O)C1=O. The van der Waals surface area contributed by atoms with Crippen LogP contribution in [0.4, 0.5) is 0 Å². The number of para-hydroxylation sites is 1. The Labute approximate surface area is 122 Å². The highest BCUT2D eigenvalue weighted by Gasteiger charge is 2.42. The van der Waals surface area contributed by atoms with Crippen molar-refractivity contribution in [3.63, 3.8) is 0 Å². The van der Waals surface area contributed by atoms with Crippen molar-refractivity contribution in [1.29, 1.82) is 5.26 Å². The highest BCUT2D eigenvalue weighted by molar-refractivity contribution is 7.89. The van der Waals surface area contributed by atoms with Gasteiger partial charge in [0, 0.05) is 16.6 Å². The maximum absolute atomic E-state index is 12.7. The number of rotatable bonds is 1. The summed E-state index contributed by atoms with van der Waals surface area (Å²) in [5, 5.41) is 9.89. The number of carbonyl (C=O) groups is 1. The molecule has 6 heteroatoms. The summed E-state index contributed by atoms with van der Waals surface area (Å²) in [7, 11) is -3.51. The van der Waals surface area contributed by atoms with Crippen molar-refractivity contribution in [3.8, 4) is 6.07 Å². The van der Waals surface area contributed by atoms with Gasteiger partial charge < -0.3 is 0 Å². The summed E-state index contributed by atoms with van der Waals surface area (Å²) in [6.07, 6.45) is 1.86. The molecule has 5 nitrogen and oxygen atoms in total. The molecule has 1 heterocycles. The lowest BCUT2D eigenvalue weighted by molar-refractivity contribution is 0.0855. The quantitative estimate of drug-likeness (QED) is 0.808. The van der Waals surface area contributed by atoms with Crippen molar-refractivity contribution in [2.24, 2.45) is 5.41 Å². The summed E-state index contributed by atoms with van der Waals surface area (Å²) in [6, 6.07) is 9.00. The van der Waals surface area contributed by atoms with Gasteiger partial charge in [-0.3, -0.25) is 4.79 Å². The van der Waals surface area contributed by atoms with E-state index in [4.69, 9.17) is 0 Å². The third kappa shape index (κ3) is 1.81. The van der Waals surface area contributed by atoms with Crippen molar-refractivity contribution < 1.29 is 13.2 Å². The third-order valence-corrected chi connectivity index (χ3v) is 5.17. The van der Waals surface area contributed by atoms with Crippen LogP contribution in [0.1, 0.15) is 29.4 Å². The Morgan fingerprint density at radius 1 is 1.33 bits per heavy atom. The van der Waals surface area contributed by atoms with Gasteiger partial charge in [-0.05, 0) is 25.8 Å². The fraction of sp³-hybridized carbons (Fsp3) is 0.333. The molecule has 0 unspecified atom stereocenters. The number of nitriles is 1. The van der Waals surface area contributed by atoms with Crippen LogP contribution < -0.4 is 0 Å². The Hall–Kier alpha value is -2.13. The van der Waals surface area contributed by atoms with Gasteiger partial charge >= 0.3 is 0 Å². The molecular weight excluding hydrogens is 288 g/mol. The van der Waals surface area contributed by atoms with E-state index in [1.807, 2.05) is 0 Å². The van der Waals surface area contributed by atoms with Crippen LogP contribution in [0.5, 0.6) is 0 Å². The maximum atomic E-state index is 12.7. The summed E-state index contributed by atoms with van der Waals surface area (Å²) in [5.74, 6) is -0.287. The maximum Gasteiger partial charge on any atom is 0.236 e. The molecule has 3 rings (SSSR count). The fourth-order valence-corrected chi connectivity index (χ4v) is 4.09. The molecule has 0 bridgehead atoms. The predicted molar refractivity (Wildman–Crippen MR) is 78.6 cm³/mol. The zero-order valence-corrected chi connectivity index (χ0v) is 12.6. The summed E-state index contributed by atoms with van der Waals surface area (Å²) in [6.45, 7) is 1.62. The second-order valence-corrected chi connectivity index (χ2v) is 7.47. The average molecular weight is 302 g/mol. The highest BCUT2D eigenvalue weighted by atomic mass is 32.2. The van der Waals surface area contributed by atoms with E-state index in [0.717, 1.165) is 6.26 Å². The molecule has 1 aliphatic rings. The first kappa shape index (κ1) is 13.8. The Bertz CT molecular complexity index is 918. The molecule has 108 valence electrons. The van der Waals surface area contributed by atoms with Crippen LogP contribution in [-0.2, 0) is 16.4 Å². The van der Waals surface area contributed by atoms with E-state index in [-0.39, 0.29) is 5.78 Å². The smallest absolute Gasteiger partial charge is 0.236 e. The summed E-state index contributed by atoms with van der Waals surface area (Å²) in [4.78, 5) is 12.7. The van der Waals surface area contributed by atoms with Crippen LogP contribution in [0.15, 0.2) is 24.3 Å². The van der Waals surface area contributed by atoms with Crippen LogP contribution in [0.25, 0.3) is 10.9 Å². The number of Topliss-reactive ketones (excluding diaryl/α,β-unsaturated/α-hetero) is 1. The first-order valence-corrected chi connectivity index (χ1v) is 8.43. The Morgan fingerprint density at radius 2 is 2.00 bits per heavy atom. The van der Waals surface area contributed by atoms with Crippen LogP contribution in [0.2, 0.25) is 0 Å². The third-order valence-electron chi connectivity index (χ3n) is 4.09. The second-order valence-electron chi connectivity index (χ2n) is 5.64.